The highest BCUT2D eigenvalue weighted by Gasteiger charge is 2.21. The Kier molecular flexibility index (Phi) is 3.60. The molecule has 1 aromatic carbocycles. The van der Waals surface area contributed by atoms with Crippen molar-refractivity contribution in [3.05, 3.63) is 35.6 Å². The molecule has 4 nitrogen and oxygen atoms in total. The minimum Gasteiger partial charge on any atom is -0.361 e. The summed E-state index contributed by atoms with van der Waals surface area (Å²) in [5, 5.41) is 0. The smallest absolute Gasteiger partial charge is 0.311 e. The van der Waals surface area contributed by atoms with Crippen LogP contribution in [0, 0.1) is 5.82 Å². The first-order chi connectivity index (χ1) is 7.43. The highest BCUT2D eigenvalue weighted by atomic mass is 19.1. The number of rotatable bonds is 2. The molecular weight excluding hydrogens is 211 g/mol. The van der Waals surface area contributed by atoms with Gasteiger partial charge in [-0.25, -0.2) is 4.39 Å². The first-order valence-electron chi connectivity index (χ1n) is 4.75. The molecule has 86 valence electrons. The van der Waals surface area contributed by atoms with E-state index in [4.69, 9.17) is 5.73 Å². The summed E-state index contributed by atoms with van der Waals surface area (Å²) >= 11 is 0. The monoisotopic (exact) mass is 224 g/mol. The number of hydrogen-bond acceptors (Lipinski definition) is 2. The third-order valence-corrected chi connectivity index (χ3v) is 2.46. The number of primary amides is 1. The Labute approximate surface area is 92.8 Å². The van der Waals surface area contributed by atoms with E-state index in [-0.39, 0.29) is 11.9 Å². The lowest BCUT2D eigenvalue weighted by molar-refractivity contribution is -0.144. The van der Waals surface area contributed by atoms with Crippen molar-refractivity contribution in [1.82, 2.24) is 4.90 Å². The average Bonchev–Trinajstić information content (AvgIpc) is 2.27. The van der Waals surface area contributed by atoms with Gasteiger partial charge in [0.2, 0.25) is 0 Å². The van der Waals surface area contributed by atoms with Gasteiger partial charge in [-0.3, -0.25) is 9.59 Å². The molecule has 1 atom stereocenters. The largest absolute Gasteiger partial charge is 0.361 e. The van der Waals surface area contributed by atoms with Crippen molar-refractivity contribution in [2.45, 2.75) is 13.0 Å². The average molecular weight is 224 g/mol. The fraction of sp³-hybridized carbons (Fsp3) is 0.273. The van der Waals surface area contributed by atoms with Gasteiger partial charge in [-0.1, -0.05) is 12.1 Å². The van der Waals surface area contributed by atoms with Crippen LogP contribution in [0.15, 0.2) is 24.3 Å². The van der Waals surface area contributed by atoms with Crippen LogP contribution in [-0.4, -0.2) is 23.8 Å². The highest BCUT2D eigenvalue weighted by molar-refractivity contribution is 6.34. The van der Waals surface area contributed by atoms with E-state index in [0.717, 1.165) is 5.56 Å². The first kappa shape index (κ1) is 12.2. The van der Waals surface area contributed by atoms with Crippen molar-refractivity contribution < 1.29 is 14.0 Å². The fourth-order valence-corrected chi connectivity index (χ4v) is 1.31. The molecule has 2 N–H and O–H groups in total. The molecule has 0 fully saturated rings. The second-order valence-electron chi connectivity index (χ2n) is 3.51. The van der Waals surface area contributed by atoms with Gasteiger partial charge in [0.25, 0.3) is 0 Å². The Balaban J connectivity index is 2.85. The second kappa shape index (κ2) is 4.74. The standard InChI is InChI=1S/C11H13FN2O2/c1-7(14(2)11(16)10(13)15)8-3-5-9(12)6-4-8/h3-7H,1-2H3,(H2,13,15). The van der Waals surface area contributed by atoms with Crippen LogP contribution in [0.1, 0.15) is 18.5 Å². The number of benzene rings is 1. The molecule has 16 heavy (non-hydrogen) atoms. The van der Waals surface area contributed by atoms with E-state index in [1.54, 1.807) is 19.1 Å². The normalized spacial score (nSPS) is 11.9. The summed E-state index contributed by atoms with van der Waals surface area (Å²) in [4.78, 5) is 23.2. The maximum absolute atomic E-state index is 12.7. The summed E-state index contributed by atoms with van der Waals surface area (Å²) in [5.41, 5.74) is 5.62. The molecule has 1 aromatic rings. The van der Waals surface area contributed by atoms with Gasteiger partial charge in [0.1, 0.15) is 5.82 Å². The van der Waals surface area contributed by atoms with Gasteiger partial charge in [-0.15, -0.1) is 0 Å². The summed E-state index contributed by atoms with van der Waals surface area (Å²) in [6, 6.07) is 5.39. The molecule has 5 heteroatoms. The number of amides is 2. The predicted molar refractivity (Wildman–Crippen MR) is 56.8 cm³/mol. The van der Waals surface area contributed by atoms with Crippen LogP contribution in [-0.2, 0) is 9.59 Å². The van der Waals surface area contributed by atoms with Gasteiger partial charge in [0, 0.05) is 7.05 Å². The molecular formula is C11H13FN2O2. The van der Waals surface area contributed by atoms with Crippen molar-refractivity contribution >= 4 is 11.8 Å². The van der Waals surface area contributed by atoms with Gasteiger partial charge in [-0.05, 0) is 24.6 Å². The Hall–Kier alpha value is -1.91. The van der Waals surface area contributed by atoms with Crippen molar-refractivity contribution in [3.8, 4) is 0 Å². The molecule has 0 aliphatic heterocycles. The van der Waals surface area contributed by atoms with Crippen LogP contribution in [0.2, 0.25) is 0 Å². The van der Waals surface area contributed by atoms with E-state index in [0.29, 0.717) is 0 Å². The van der Waals surface area contributed by atoms with E-state index >= 15 is 0 Å². The van der Waals surface area contributed by atoms with Gasteiger partial charge >= 0.3 is 11.8 Å². The molecule has 1 unspecified atom stereocenters. The van der Waals surface area contributed by atoms with Crippen molar-refractivity contribution in [3.63, 3.8) is 0 Å². The molecule has 0 bridgehead atoms. The van der Waals surface area contributed by atoms with E-state index < -0.39 is 11.8 Å². The van der Waals surface area contributed by atoms with Crippen LogP contribution in [0.4, 0.5) is 4.39 Å². The zero-order valence-electron chi connectivity index (χ0n) is 9.11. The number of carbonyl (C=O) groups excluding carboxylic acids is 2. The molecule has 2 amide bonds. The number of halogens is 1. The number of carbonyl (C=O) groups is 2. The first-order valence-corrected chi connectivity index (χ1v) is 4.75. The number of nitrogens with two attached hydrogens (primary N) is 1. The molecule has 0 aliphatic rings. The molecule has 0 heterocycles. The zero-order chi connectivity index (χ0) is 12.3. The molecule has 1 rings (SSSR count). The third-order valence-electron chi connectivity index (χ3n) is 2.46. The van der Waals surface area contributed by atoms with Crippen molar-refractivity contribution in [1.29, 1.82) is 0 Å². The Bertz CT molecular complexity index is 403. The summed E-state index contributed by atoms with van der Waals surface area (Å²) < 4.78 is 12.7. The van der Waals surface area contributed by atoms with Crippen molar-refractivity contribution in [2.24, 2.45) is 5.73 Å². The molecule has 0 aliphatic carbocycles. The van der Waals surface area contributed by atoms with E-state index in [9.17, 15) is 14.0 Å². The minimum atomic E-state index is -1.00. The van der Waals surface area contributed by atoms with Crippen LogP contribution in [0.5, 0.6) is 0 Å². The van der Waals surface area contributed by atoms with Gasteiger partial charge in [0.15, 0.2) is 0 Å². The predicted octanol–water partition coefficient (Wildman–Crippen LogP) is 0.830. The molecule has 0 spiro atoms. The molecule has 0 saturated heterocycles. The maximum Gasteiger partial charge on any atom is 0.311 e. The Morgan fingerprint density at radius 1 is 1.31 bits per heavy atom. The Morgan fingerprint density at radius 2 is 1.81 bits per heavy atom. The zero-order valence-corrected chi connectivity index (χ0v) is 9.11. The summed E-state index contributed by atoms with van der Waals surface area (Å²) in [5.74, 6) is -2.12. The topological polar surface area (TPSA) is 63.4 Å². The van der Waals surface area contributed by atoms with Crippen molar-refractivity contribution in [2.75, 3.05) is 7.05 Å². The Morgan fingerprint density at radius 3 is 2.25 bits per heavy atom. The summed E-state index contributed by atoms with van der Waals surface area (Å²) in [6.07, 6.45) is 0. The van der Waals surface area contributed by atoms with Gasteiger partial charge in [0.05, 0.1) is 6.04 Å². The maximum atomic E-state index is 12.7. The van der Waals surface area contributed by atoms with Crippen LogP contribution in [0.3, 0.4) is 0 Å². The second-order valence-corrected chi connectivity index (χ2v) is 3.51. The number of likely N-dealkylation sites (N-methyl/N-ethyl adjacent to an activating group) is 1. The van der Waals surface area contributed by atoms with Gasteiger partial charge < -0.3 is 10.6 Å². The van der Waals surface area contributed by atoms with Crippen LogP contribution >= 0.6 is 0 Å². The number of hydrogen-bond donors (Lipinski definition) is 1. The minimum absolute atomic E-state index is 0.333. The molecule has 0 aromatic heterocycles. The SMILES string of the molecule is CC(c1ccc(F)cc1)N(C)C(=O)C(N)=O. The lowest BCUT2D eigenvalue weighted by Crippen LogP contribution is -2.39. The number of nitrogens with zero attached hydrogens (tertiary/aromatic N) is 1. The third kappa shape index (κ3) is 2.56. The van der Waals surface area contributed by atoms with E-state index in [1.165, 1.54) is 24.1 Å². The van der Waals surface area contributed by atoms with E-state index in [1.807, 2.05) is 0 Å². The highest BCUT2D eigenvalue weighted by Crippen LogP contribution is 2.18. The van der Waals surface area contributed by atoms with Crippen LogP contribution in [0.25, 0.3) is 0 Å². The van der Waals surface area contributed by atoms with E-state index in [2.05, 4.69) is 0 Å². The summed E-state index contributed by atoms with van der Waals surface area (Å²) in [6.45, 7) is 1.73. The lowest BCUT2D eigenvalue weighted by Gasteiger charge is -2.23. The van der Waals surface area contributed by atoms with Crippen LogP contribution < -0.4 is 5.73 Å². The fourth-order valence-electron chi connectivity index (χ4n) is 1.31. The molecule has 0 radical (unpaired) electrons. The lowest BCUT2D eigenvalue weighted by atomic mass is 10.1. The van der Waals surface area contributed by atoms with Gasteiger partial charge in [-0.2, -0.15) is 0 Å². The molecule has 0 saturated carbocycles. The quantitative estimate of drug-likeness (QED) is 0.756. The summed E-state index contributed by atoms with van der Waals surface area (Å²) in [7, 11) is 1.47.